The molecule has 0 aliphatic carbocycles. The van der Waals surface area contributed by atoms with E-state index in [4.69, 9.17) is 11.6 Å². The Morgan fingerprint density at radius 2 is 1.57 bits per heavy atom. The van der Waals surface area contributed by atoms with Gasteiger partial charge in [0.25, 0.3) is 10.0 Å². The summed E-state index contributed by atoms with van der Waals surface area (Å²) < 4.78 is 90.7. The molecule has 0 heterocycles. The molecule has 23 heavy (non-hydrogen) atoms. The Morgan fingerprint density at radius 3 is 2.09 bits per heavy atom. The Hall–Kier alpha value is -1.87. The van der Waals surface area contributed by atoms with Crippen molar-refractivity contribution >= 4 is 27.3 Å². The first kappa shape index (κ1) is 17.5. The van der Waals surface area contributed by atoms with Gasteiger partial charge in [-0.3, -0.25) is 4.72 Å². The van der Waals surface area contributed by atoms with E-state index in [2.05, 4.69) is 0 Å². The summed E-state index contributed by atoms with van der Waals surface area (Å²) in [6, 6.07) is 4.17. The first-order chi connectivity index (χ1) is 10.5. The standard InChI is InChI=1S/C13H7ClF5NO2S/c14-8-5-4-7(13(17,18)19)6-11(8)23(21,22)20-12-9(15)2-1-3-10(12)16/h1-6,20H. The molecule has 0 amide bonds. The SMILES string of the molecule is O=S(=O)(Nc1c(F)cccc1F)c1cc(C(F)(F)F)ccc1Cl. The van der Waals surface area contributed by atoms with Gasteiger partial charge in [0.05, 0.1) is 10.6 Å². The van der Waals surface area contributed by atoms with Crippen molar-refractivity contribution in [3.05, 3.63) is 58.6 Å². The van der Waals surface area contributed by atoms with Crippen molar-refractivity contribution in [2.45, 2.75) is 11.1 Å². The summed E-state index contributed by atoms with van der Waals surface area (Å²) in [6.07, 6.45) is -4.81. The second-order valence-corrected chi connectivity index (χ2v) is 6.40. The van der Waals surface area contributed by atoms with Crippen molar-refractivity contribution in [1.82, 2.24) is 0 Å². The molecular formula is C13H7ClF5NO2S. The summed E-state index contributed by atoms with van der Waals surface area (Å²) in [5.74, 6) is -2.45. The lowest BCUT2D eigenvalue weighted by Crippen LogP contribution is -2.17. The smallest absolute Gasteiger partial charge is 0.274 e. The number of halogens is 6. The molecule has 10 heteroatoms. The maximum atomic E-state index is 13.5. The molecule has 0 saturated heterocycles. The largest absolute Gasteiger partial charge is 0.416 e. The number of benzene rings is 2. The van der Waals surface area contributed by atoms with Crippen molar-refractivity contribution in [2.24, 2.45) is 0 Å². The van der Waals surface area contributed by atoms with Crippen LogP contribution in [0.1, 0.15) is 5.56 Å². The lowest BCUT2D eigenvalue weighted by Gasteiger charge is -2.13. The number of alkyl halides is 3. The molecule has 0 radical (unpaired) electrons. The maximum absolute atomic E-state index is 13.5. The van der Waals surface area contributed by atoms with Gasteiger partial charge in [0.1, 0.15) is 22.2 Å². The van der Waals surface area contributed by atoms with Gasteiger partial charge in [-0.2, -0.15) is 13.2 Å². The van der Waals surface area contributed by atoms with Crippen LogP contribution in [0.4, 0.5) is 27.6 Å². The summed E-state index contributed by atoms with van der Waals surface area (Å²) in [4.78, 5) is -0.948. The quantitative estimate of drug-likeness (QED) is 0.811. The molecule has 124 valence electrons. The number of hydrogen-bond acceptors (Lipinski definition) is 2. The number of sulfonamides is 1. The summed E-state index contributed by atoms with van der Waals surface area (Å²) in [5, 5.41) is -0.526. The van der Waals surface area contributed by atoms with Crippen LogP contribution >= 0.6 is 11.6 Å². The Bertz CT molecular complexity index is 832. The van der Waals surface area contributed by atoms with Crippen LogP contribution in [0.5, 0.6) is 0 Å². The average molecular weight is 372 g/mol. The zero-order chi connectivity index (χ0) is 17.4. The van der Waals surface area contributed by atoms with E-state index >= 15 is 0 Å². The van der Waals surface area contributed by atoms with Crippen molar-refractivity contribution in [3.8, 4) is 0 Å². The minimum Gasteiger partial charge on any atom is -0.274 e. The van der Waals surface area contributed by atoms with Gasteiger partial charge in [-0.15, -0.1) is 0 Å². The van der Waals surface area contributed by atoms with E-state index < -0.39 is 49.0 Å². The van der Waals surface area contributed by atoms with Gasteiger partial charge in [-0.1, -0.05) is 17.7 Å². The fourth-order valence-corrected chi connectivity index (χ4v) is 3.27. The van der Waals surface area contributed by atoms with Gasteiger partial charge in [-0.05, 0) is 30.3 Å². The van der Waals surface area contributed by atoms with Crippen molar-refractivity contribution < 1.29 is 30.4 Å². The Morgan fingerprint density at radius 1 is 1.00 bits per heavy atom. The molecule has 0 saturated carbocycles. The van der Waals surface area contributed by atoms with Crippen LogP contribution in [0.3, 0.4) is 0 Å². The van der Waals surface area contributed by atoms with E-state index in [1.165, 1.54) is 0 Å². The highest BCUT2D eigenvalue weighted by Gasteiger charge is 2.33. The molecule has 0 bridgehead atoms. The number of rotatable bonds is 3. The third-order valence-corrected chi connectivity index (χ3v) is 4.58. The Balaban J connectivity index is 2.52. The van der Waals surface area contributed by atoms with Crippen LogP contribution in [0, 0.1) is 11.6 Å². The molecule has 2 rings (SSSR count). The predicted octanol–water partition coefficient (Wildman–Crippen LogP) is 4.44. The monoisotopic (exact) mass is 371 g/mol. The zero-order valence-electron chi connectivity index (χ0n) is 11.0. The molecule has 0 spiro atoms. The molecule has 2 aromatic carbocycles. The minimum atomic E-state index is -4.81. The van der Waals surface area contributed by atoms with Crippen LogP contribution in [0.15, 0.2) is 41.3 Å². The molecule has 0 fully saturated rings. The first-order valence-corrected chi connectivity index (χ1v) is 7.72. The summed E-state index contributed by atoms with van der Waals surface area (Å²) in [5.41, 5.74) is -2.28. The number of nitrogens with one attached hydrogen (secondary N) is 1. The fraction of sp³-hybridized carbons (Fsp3) is 0.0769. The van der Waals surface area contributed by atoms with Crippen LogP contribution in [-0.4, -0.2) is 8.42 Å². The van der Waals surface area contributed by atoms with E-state index in [1.807, 2.05) is 0 Å². The molecule has 0 unspecified atom stereocenters. The van der Waals surface area contributed by atoms with Crippen molar-refractivity contribution in [3.63, 3.8) is 0 Å². The second-order valence-electron chi connectivity index (χ2n) is 4.35. The molecule has 0 aromatic heterocycles. The molecule has 0 aliphatic rings. The lowest BCUT2D eigenvalue weighted by molar-refractivity contribution is -0.137. The number of anilines is 1. The average Bonchev–Trinajstić information content (AvgIpc) is 2.42. The minimum absolute atomic E-state index is 0.281. The van der Waals surface area contributed by atoms with Gasteiger partial charge in [0.15, 0.2) is 0 Å². The highest BCUT2D eigenvalue weighted by Crippen LogP contribution is 2.34. The summed E-state index contributed by atoms with van der Waals surface area (Å²) in [7, 11) is -4.73. The highest BCUT2D eigenvalue weighted by atomic mass is 35.5. The molecule has 1 N–H and O–H groups in total. The van der Waals surface area contributed by atoms with E-state index in [9.17, 15) is 30.4 Å². The Labute approximate surface area is 132 Å². The van der Waals surface area contributed by atoms with Crippen LogP contribution < -0.4 is 4.72 Å². The van der Waals surface area contributed by atoms with Crippen molar-refractivity contribution in [1.29, 1.82) is 0 Å². The van der Waals surface area contributed by atoms with Gasteiger partial charge in [0, 0.05) is 0 Å². The molecule has 0 atom stereocenters. The van der Waals surface area contributed by atoms with E-state index in [1.54, 1.807) is 4.72 Å². The van der Waals surface area contributed by atoms with Crippen LogP contribution in [0.25, 0.3) is 0 Å². The molecule has 0 aliphatic heterocycles. The predicted molar refractivity (Wildman–Crippen MR) is 73.6 cm³/mol. The zero-order valence-corrected chi connectivity index (χ0v) is 12.5. The molecule has 2 aromatic rings. The summed E-state index contributed by atoms with van der Waals surface area (Å²) >= 11 is 5.60. The van der Waals surface area contributed by atoms with Gasteiger partial charge < -0.3 is 0 Å². The summed E-state index contributed by atoms with van der Waals surface area (Å²) in [6.45, 7) is 0. The second kappa shape index (κ2) is 5.97. The lowest BCUT2D eigenvalue weighted by atomic mass is 10.2. The normalized spacial score (nSPS) is 12.3. The number of para-hydroxylation sites is 1. The van der Waals surface area contributed by atoms with Crippen molar-refractivity contribution in [2.75, 3.05) is 4.72 Å². The van der Waals surface area contributed by atoms with Gasteiger partial charge in [-0.25, -0.2) is 17.2 Å². The Kier molecular flexibility index (Phi) is 4.54. The van der Waals surface area contributed by atoms with E-state index in [0.29, 0.717) is 6.07 Å². The number of hydrogen-bond donors (Lipinski definition) is 1. The maximum Gasteiger partial charge on any atom is 0.416 e. The van der Waals surface area contributed by atoms with Gasteiger partial charge >= 0.3 is 6.18 Å². The van der Waals surface area contributed by atoms with Crippen LogP contribution in [0.2, 0.25) is 5.02 Å². The fourth-order valence-electron chi connectivity index (χ4n) is 1.67. The molecular weight excluding hydrogens is 365 g/mol. The highest BCUT2D eigenvalue weighted by molar-refractivity contribution is 7.92. The third-order valence-electron chi connectivity index (χ3n) is 2.75. The first-order valence-electron chi connectivity index (χ1n) is 5.86. The van der Waals surface area contributed by atoms with E-state index in [-0.39, 0.29) is 6.07 Å². The van der Waals surface area contributed by atoms with Gasteiger partial charge in [0.2, 0.25) is 0 Å². The third kappa shape index (κ3) is 3.73. The molecule has 3 nitrogen and oxygen atoms in total. The van der Waals surface area contributed by atoms with E-state index in [0.717, 1.165) is 24.3 Å². The topological polar surface area (TPSA) is 46.2 Å². The van der Waals surface area contributed by atoms with Crippen LogP contribution in [-0.2, 0) is 16.2 Å².